The van der Waals surface area contributed by atoms with Gasteiger partial charge in [0.2, 0.25) is 11.9 Å². The minimum atomic E-state index is 0.00947. The van der Waals surface area contributed by atoms with E-state index in [0.717, 1.165) is 93.2 Å². The number of rotatable bonds is 10. The van der Waals surface area contributed by atoms with Gasteiger partial charge in [-0.15, -0.1) is 22.7 Å². The molecule has 16 nitrogen and oxygen atoms in total. The molecule has 8 aromatic rings. The molecule has 340 valence electrons. The number of hydrogen-bond donors (Lipinski definition) is 4. The summed E-state index contributed by atoms with van der Waals surface area (Å²) in [5.41, 5.74) is 28.3. The number of nitrogens with two attached hydrogens (primary N) is 4. The van der Waals surface area contributed by atoms with E-state index in [9.17, 15) is 0 Å². The highest BCUT2D eigenvalue weighted by Gasteiger charge is 2.68. The average Bonchev–Trinajstić information content (AvgIpc) is 3.72. The lowest BCUT2D eigenvalue weighted by Gasteiger charge is -2.27. The van der Waals surface area contributed by atoms with Crippen LogP contribution in [0.15, 0.2) is 92.0 Å². The maximum atomic E-state index is 6.36. The number of fused-ring (bicyclic) bond motifs is 4. The molecule has 6 atom stereocenters. The SMILES string of the molecule is Cc1csc(C2(CN)C3CCN(c4ncc(Sc5ccnc(N)c5Cl)c5nccn45)CC32)n1.Cc1csc(C2(CN)C3CCN(c4ncc(Sc5ccnc(N)c5Cl)c5nccn45)CC32)n1. The van der Waals surface area contributed by atoms with Crippen molar-refractivity contribution in [3.63, 3.8) is 0 Å². The Hall–Kier alpha value is -4.80. The molecule has 10 heterocycles. The van der Waals surface area contributed by atoms with E-state index < -0.39 is 0 Å². The zero-order chi connectivity index (χ0) is 45.5. The van der Waals surface area contributed by atoms with Gasteiger partial charge in [0.25, 0.3) is 0 Å². The van der Waals surface area contributed by atoms with Crippen molar-refractivity contribution < 1.29 is 0 Å². The Kier molecular flexibility index (Phi) is 11.3. The molecule has 2 saturated carbocycles. The average molecular weight is 998 g/mol. The summed E-state index contributed by atoms with van der Waals surface area (Å²) in [5.74, 6) is 4.61. The lowest BCUT2D eigenvalue weighted by molar-refractivity contribution is 0.539. The summed E-state index contributed by atoms with van der Waals surface area (Å²) in [7, 11) is 0. The summed E-state index contributed by atoms with van der Waals surface area (Å²) in [6.07, 6.45) is 16.8. The molecule has 8 aromatic heterocycles. The molecule has 0 radical (unpaired) electrons. The molecule has 2 saturated heterocycles. The summed E-state index contributed by atoms with van der Waals surface area (Å²) < 4.78 is 4.11. The predicted octanol–water partition coefficient (Wildman–Crippen LogP) is 7.26. The second-order valence-corrected chi connectivity index (χ2v) is 21.9. The standard InChI is InChI=1S/2C22H23ClN8S2/c2*1-12-10-32-20(29-12)22(11-24)13-3-6-30(9-14(13)22)21-28-8-16(19-27-5-7-31(19)21)33-15-2-4-26-18(25)17(15)23/h2*2,4-5,7-8,10,13-14H,3,6,9,11,24H2,1H3,(H2,25,26). The van der Waals surface area contributed by atoms with E-state index in [1.54, 1.807) is 47.5 Å². The van der Waals surface area contributed by atoms with Gasteiger partial charge in [0, 0.05) is 132 Å². The van der Waals surface area contributed by atoms with Crippen LogP contribution in [0.4, 0.5) is 23.5 Å². The monoisotopic (exact) mass is 996 g/mol. The van der Waals surface area contributed by atoms with Crippen LogP contribution in [0.25, 0.3) is 11.3 Å². The lowest BCUT2D eigenvalue weighted by Crippen LogP contribution is -2.34. The smallest absolute Gasteiger partial charge is 0.211 e. The summed E-state index contributed by atoms with van der Waals surface area (Å²) in [5, 5.41) is 7.54. The van der Waals surface area contributed by atoms with Crippen molar-refractivity contribution in [1.82, 2.24) is 48.7 Å². The molecule has 2 aliphatic heterocycles. The van der Waals surface area contributed by atoms with Gasteiger partial charge < -0.3 is 32.7 Å². The first-order valence-corrected chi connectivity index (χ1v) is 25.8. The Morgan fingerprint density at radius 1 is 0.621 bits per heavy atom. The number of imidazole rings is 2. The van der Waals surface area contributed by atoms with E-state index >= 15 is 0 Å². The number of aromatic nitrogens is 10. The van der Waals surface area contributed by atoms with Gasteiger partial charge in [-0.1, -0.05) is 46.7 Å². The minimum Gasteiger partial charge on any atom is -0.382 e. The third-order valence-electron chi connectivity index (χ3n) is 13.9. The zero-order valence-electron chi connectivity index (χ0n) is 36.0. The molecule has 0 aromatic carbocycles. The third-order valence-corrected chi connectivity index (χ3v) is 19.3. The summed E-state index contributed by atoms with van der Waals surface area (Å²) in [4.78, 5) is 44.8. The number of piperidine rings is 2. The summed E-state index contributed by atoms with van der Waals surface area (Å²) in [6.45, 7) is 9.09. The number of aryl methyl sites for hydroxylation is 2. The van der Waals surface area contributed by atoms with Crippen LogP contribution in [0, 0.1) is 37.5 Å². The van der Waals surface area contributed by atoms with Gasteiger partial charge in [-0.3, -0.25) is 8.80 Å². The Labute approximate surface area is 407 Å². The molecule has 4 aliphatic rings. The number of halogens is 2. The number of hydrogen-bond acceptors (Lipinski definition) is 18. The summed E-state index contributed by atoms with van der Waals surface area (Å²) >= 11 is 19.2. The van der Waals surface area contributed by atoms with Gasteiger partial charge >= 0.3 is 0 Å². The fraction of sp³-hybridized carbons (Fsp3) is 0.364. The van der Waals surface area contributed by atoms with Gasteiger partial charge in [0.15, 0.2) is 11.3 Å². The van der Waals surface area contributed by atoms with Crippen molar-refractivity contribution in [3.8, 4) is 0 Å². The van der Waals surface area contributed by atoms with Gasteiger partial charge in [0.1, 0.15) is 21.7 Å². The number of nitrogens with zero attached hydrogens (tertiary/aromatic N) is 12. The molecular formula is C44H46Cl2N16S4. The maximum absolute atomic E-state index is 6.36. The number of thiazole rings is 2. The van der Waals surface area contributed by atoms with Crippen molar-refractivity contribution in [3.05, 3.63) is 104 Å². The van der Waals surface area contributed by atoms with E-state index in [1.165, 1.54) is 33.5 Å². The van der Waals surface area contributed by atoms with Crippen molar-refractivity contribution in [2.45, 2.75) is 57.1 Å². The van der Waals surface area contributed by atoms with Crippen LogP contribution in [0.2, 0.25) is 10.0 Å². The fourth-order valence-corrected chi connectivity index (χ4v) is 15.1. The van der Waals surface area contributed by atoms with Crippen LogP contribution < -0.4 is 32.7 Å². The first kappa shape index (κ1) is 43.8. The number of pyridine rings is 2. The van der Waals surface area contributed by atoms with E-state index in [-0.39, 0.29) is 10.8 Å². The van der Waals surface area contributed by atoms with Crippen molar-refractivity contribution in [2.75, 3.05) is 60.5 Å². The van der Waals surface area contributed by atoms with Crippen LogP contribution in [-0.2, 0) is 10.8 Å². The first-order valence-electron chi connectivity index (χ1n) is 21.6. The highest BCUT2D eigenvalue weighted by molar-refractivity contribution is 8.00. The number of nitrogen functional groups attached to an aromatic ring is 2. The van der Waals surface area contributed by atoms with Crippen molar-refractivity contribution in [2.24, 2.45) is 35.1 Å². The van der Waals surface area contributed by atoms with E-state index in [1.807, 2.05) is 36.9 Å². The van der Waals surface area contributed by atoms with Crippen LogP contribution in [0.3, 0.4) is 0 Å². The lowest BCUT2D eigenvalue weighted by atomic mass is 10.0. The van der Waals surface area contributed by atoms with Gasteiger partial charge in [-0.2, -0.15) is 0 Å². The third kappa shape index (κ3) is 7.17. The molecule has 4 fully saturated rings. The van der Waals surface area contributed by atoms with Crippen molar-refractivity contribution in [1.29, 1.82) is 0 Å². The van der Waals surface area contributed by atoms with Crippen LogP contribution in [0.5, 0.6) is 0 Å². The Balaban J connectivity index is 0.000000146. The van der Waals surface area contributed by atoms with Crippen LogP contribution in [-0.4, -0.2) is 87.9 Å². The molecule has 12 rings (SSSR count). The number of anilines is 4. The molecule has 0 amide bonds. The molecule has 2 aliphatic carbocycles. The Morgan fingerprint density at radius 3 is 1.45 bits per heavy atom. The molecule has 0 bridgehead atoms. The molecule has 0 spiro atoms. The van der Waals surface area contributed by atoms with E-state index in [2.05, 4.69) is 63.1 Å². The highest BCUT2D eigenvalue weighted by atomic mass is 35.5. The Bertz CT molecular complexity index is 2910. The minimum absolute atomic E-state index is 0.00947. The highest BCUT2D eigenvalue weighted by Crippen LogP contribution is 2.64. The molecule has 66 heavy (non-hydrogen) atoms. The van der Waals surface area contributed by atoms with Crippen LogP contribution in [0.1, 0.15) is 34.2 Å². The molecule has 22 heteroatoms. The van der Waals surface area contributed by atoms with Crippen molar-refractivity contribution >= 4 is 104 Å². The van der Waals surface area contributed by atoms with Gasteiger partial charge in [0.05, 0.1) is 19.8 Å². The second kappa shape index (κ2) is 17.1. The first-order chi connectivity index (χ1) is 32.0. The van der Waals surface area contributed by atoms with Gasteiger partial charge in [-0.25, -0.2) is 39.9 Å². The van der Waals surface area contributed by atoms with E-state index in [4.69, 9.17) is 66.1 Å². The second-order valence-electron chi connectivity index (χ2n) is 17.3. The van der Waals surface area contributed by atoms with Gasteiger partial charge in [-0.05, 0) is 62.5 Å². The van der Waals surface area contributed by atoms with Crippen LogP contribution >= 0.6 is 69.4 Å². The normalized spacial score (nSPS) is 24.3. The quantitative estimate of drug-likeness (QED) is 0.106. The summed E-state index contributed by atoms with van der Waals surface area (Å²) in [6, 6.07) is 3.70. The van der Waals surface area contributed by atoms with E-state index in [0.29, 0.717) is 58.4 Å². The fourth-order valence-electron chi connectivity index (χ4n) is 10.5. The zero-order valence-corrected chi connectivity index (χ0v) is 40.7. The largest absolute Gasteiger partial charge is 0.382 e. The topological polar surface area (TPSA) is 223 Å². The molecule has 8 N–H and O–H groups in total. The predicted molar refractivity (Wildman–Crippen MR) is 264 cm³/mol. The maximum Gasteiger partial charge on any atom is 0.211 e. The molecular weight excluding hydrogens is 952 g/mol. The molecule has 6 unspecified atom stereocenters. The Morgan fingerprint density at radius 2 is 1.06 bits per heavy atom.